The second-order valence-corrected chi connectivity index (χ2v) is 1.03. The smallest absolute Gasteiger partial charge is 1.00 e. The molecular formula is C3H8Cl2O2Sn. The van der Waals surface area contributed by atoms with E-state index in [1.807, 2.05) is 0 Å². The molecule has 50 valence electrons. The van der Waals surface area contributed by atoms with Crippen molar-refractivity contribution < 1.29 is 35.0 Å². The molecule has 2 radical (unpaired) electrons. The van der Waals surface area contributed by atoms with Crippen molar-refractivity contribution in [2.45, 2.75) is 13.0 Å². The van der Waals surface area contributed by atoms with E-state index < -0.39 is 6.10 Å². The maximum absolute atomic E-state index is 8.11. The van der Waals surface area contributed by atoms with Gasteiger partial charge in [0.1, 0.15) is 0 Å². The van der Waals surface area contributed by atoms with Gasteiger partial charge in [-0.1, -0.05) is 0 Å². The summed E-state index contributed by atoms with van der Waals surface area (Å²) in [6.45, 7) is 1.39. The van der Waals surface area contributed by atoms with Crippen molar-refractivity contribution in [2.75, 3.05) is 6.61 Å². The zero-order valence-electron chi connectivity index (χ0n) is 4.43. The Morgan fingerprint density at radius 3 is 1.50 bits per heavy atom. The van der Waals surface area contributed by atoms with E-state index in [1.165, 1.54) is 6.92 Å². The minimum Gasteiger partial charge on any atom is -1.00 e. The predicted molar refractivity (Wildman–Crippen MR) is 24.5 cm³/mol. The van der Waals surface area contributed by atoms with Gasteiger partial charge in [0.25, 0.3) is 0 Å². The summed E-state index contributed by atoms with van der Waals surface area (Å²) in [6, 6.07) is 0. The zero-order valence-corrected chi connectivity index (χ0v) is 8.80. The third-order valence-corrected chi connectivity index (χ3v) is 0.264. The summed E-state index contributed by atoms with van der Waals surface area (Å²) < 4.78 is 0. The second kappa shape index (κ2) is 15.7. The van der Waals surface area contributed by atoms with E-state index in [0.29, 0.717) is 0 Å². The largest absolute Gasteiger partial charge is 2.00 e. The molecule has 0 saturated carbocycles. The van der Waals surface area contributed by atoms with Crippen LogP contribution < -0.4 is 24.8 Å². The molecule has 8 heavy (non-hydrogen) atoms. The Kier molecular flexibility index (Phi) is 44.9. The summed E-state index contributed by atoms with van der Waals surface area (Å²) in [6.07, 6.45) is -0.560. The first-order valence-electron chi connectivity index (χ1n) is 1.56. The van der Waals surface area contributed by atoms with Gasteiger partial charge < -0.3 is 35.0 Å². The number of aliphatic hydroxyl groups excluding tert-OH is 2. The maximum atomic E-state index is 8.11. The molecule has 0 spiro atoms. The Balaban J connectivity index is -0.0000000267. The molecule has 0 aromatic carbocycles. The second-order valence-electron chi connectivity index (χ2n) is 1.03. The molecule has 0 aliphatic carbocycles. The van der Waals surface area contributed by atoms with E-state index in [2.05, 4.69) is 0 Å². The fourth-order valence-electron chi connectivity index (χ4n) is 0. The Morgan fingerprint density at radius 1 is 1.38 bits per heavy atom. The van der Waals surface area contributed by atoms with Crippen LogP contribution >= 0.6 is 0 Å². The fourth-order valence-corrected chi connectivity index (χ4v) is 0. The first-order valence-corrected chi connectivity index (χ1v) is 1.56. The van der Waals surface area contributed by atoms with Crippen LogP contribution in [-0.4, -0.2) is 46.8 Å². The standard InChI is InChI=1S/C3H8O2.2ClH.Sn/c1-3(5)2-4;;;/h3-5H,2H2,1H3;2*1H;/q;;;+2/p-2. The molecule has 0 heterocycles. The third kappa shape index (κ3) is 26.6. The van der Waals surface area contributed by atoms with Crippen molar-refractivity contribution in [1.82, 2.24) is 0 Å². The van der Waals surface area contributed by atoms with Gasteiger partial charge in [0.15, 0.2) is 0 Å². The molecular weight excluding hydrogens is 258 g/mol. The topological polar surface area (TPSA) is 40.5 Å². The monoisotopic (exact) mass is 266 g/mol. The van der Waals surface area contributed by atoms with E-state index in [1.54, 1.807) is 0 Å². The summed E-state index contributed by atoms with van der Waals surface area (Å²) >= 11 is 0. The van der Waals surface area contributed by atoms with E-state index in [-0.39, 0.29) is 55.3 Å². The molecule has 0 fully saturated rings. The van der Waals surface area contributed by atoms with Gasteiger partial charge in [-0.2, -0.15) is 0 Å². The van der Waals surface area contributed by atoms with Crippen LogP contribution in [0.2, 0.25) is 0 Å². The van der Waals surface area contributed by atoms with Gasteiger partial charge in [-0.3, -0.25) is 0 Å². The molecule has 1 unspecified atom stereocenters. The average molecular weight is 266 g/mol. The van der Waals surface area contributed by atoms with Crippen molar-refractivity contribution in [3.05, 3.63) is 0 Å². The third-order valence-electron chi connectivity index (χ3n) is 0.264. The van der Waals surface area contributed by atoms with Gasteiger partial charge in [0.05, 0.1) is 12.7 Å². The molecule has 0 aromatic rings. The minimum atomic E-state index is -0.560. The molecule has 0 rings (SSSR count). The maximum Gasteiger partial charge on any atom is 2.00 e. The molecule has 5 heteroatoms. The van der Waals surface area contributed by atoms with Crippen molar-refractivity contribution in [3.63, 3.8) is 0 Å². The SMILES string of the molecule is CC(O)CO.[Cl-].[Cl-].[Sn+2]. The molecule has 0 aromatic heterocycles. The normalized spacial score (nSPS) is 9.38. The molecule has 2 N–H and O–H groups in total. The van der Waals surface area contributed by atoms with Crippen LogP contribution in [0.25, 0.3) is 0 Å². The molecule has 0 bridgehead atoms. The van der Waals surface area contributed by atoms with E-state index in [9.17, 15) is 0 Å². The molecule has 0 amide bonds. The van der Waals surface area contributed by atoms with Crippen molar-refractivity contribution in [2.24, 2.45) is 0 Å². The molecule has 0 saturated heterocycles. The number of hydrogen-bond acceptors (Lipinski definition) is 2. The zero-order chi connectivity index (χ0) is 4.28. The summed E-state index contributed by atoms with van der Waals surface area (Å²) in [5.41, 5.74) is 0. The van der Waals surface area contributed by atoms with E-state index in [4.69, 9.17) is 10.2 Å². The van der Waals surface area contributed by atoms with Gasteiger partial charge >= 0.3 is 23.9 Å². The van der Waals surface area contributed by atoms with Crippen LogP contribution in [0, 0.1) is 0 Å². The van der Waals surface area contributed by atoms with Crippen LogP contribution in [0.15, 0.2) is 0 Å². The van der Waals surface area contributed by atoms with Crippen LogP contribution in [0.1, 0.15) is 6.92 Å². The van der Waals surface area contributed by atoms with Gasteiger partial charge in [0, 0.05) is 0 Å². The Labute approximate surface area is 78.4 Å². The number of aliphatic hydroxyl groups is 2. The Morgan fingerprint density at radius 2 is 1.50 bits per heavy atom. The molecule has 0 aliphatic heterocycles. The van der Waals surface area contributed by atoms with E-state index in [0.717, 1.165) is 0 Å². The predicted octanol–water partition coefficient (Wildman–Crippen LogP) is -7.01. The average Bonchev–Trinajstić information content (AvgIpc) is 1.38. The summed E-state index contributed by atoms with van der Waals surface area (Å²) in [5.74, 6) is 0. The quantitative estimate of drug-likeness (QED) is 0.463. The van der Waals surface area contributed by atoms with E-state index >= 15 is 0 Å². The van der Waals surface area contributed by atoms with Crippen LogP contribution in [0.4, 0.5) is 0 Å². The summed E-state index contributed by atoms with van der Waals surface area (Å²) in [5, 5.41) is 16.0. The van der Waals surface area contributed by atoms with Crippen molar-refractivity contribution in [3.8, 4) is 0 Å². The summed E-state index contributed by atoms with van der Waals surface area (Å²) in [4.78, 5) is 0. The van der Waals surface area contributed by atoms with Crippen molar-refractivity contribution in [1.29, 1.82) is 0 Å². The Hall–Kier alpha value is 1.30. The number of rotatable bonds is 1. The molecule has 1 atom stereocenters. The van der Waals surface area contributed by atoms with Gasteiger partial charge in [-0.15, -0.1) is 0 Å². The summed E-state index contributed by atoms with van der Waals surface area (Å²) in [7, 11) is 0. The van der Waals surface area contributed by atoms with Crippen molar-refractivity contribution >= 4 is 23.9 Å². The van der Waals surface area contributed by atoms with Crippen LogP contribution in [-0.2, 0) is 0 Å². The van der Waals surface area contributed by atoms with Gasteiger partial charge in [0.2, 0.25) is 0 Å². The van der Waals surface area contributed by atoms with Crippen LogP contribution in [0.3, 0.4) is 0 Å². The number of halogens is 2. The number of hydrogen-bond donors (Lipinski definition) is 2. The first-order chi connectivity index (χ1) is 2.27. The molecule has 2 nitrogen and oxygen atoms in total. The Bertz CT molecular complexity index is 29.2. The fraction of sp³-hybridized carbons (Fsp3) is 1.00. The van der Waals surface area contributed by atoms with Gasteiger partial charge in [-0.25, -0.2) is 0 Å². The molecule has 0 aliphatic rings. The van der Waals surface area contributed by atoms with Gasteiger partial charge in [-0.05, 0) is 6.92 Å². The van der Waals surface area contributed by atoms with Crippen LogP contribution in [0.5, 0.6) is 0 Å². The minimum absolute atomic E-state index is 0. The first kappa shape index (κ1) is 22.8.